The molecule has 9 nitrogen and oxygen atoms in total. The predicted octanol–water partition coefficient (Wildman–Crippen LogP) is 5.38. The predicted molar refractivity (Wildman–Crippen MR) is 165 cm³/mol. The maximum absolute atomic E-state index is 14.0. The van der Waals surface area contributed by atoms with E-state index in [-0.39, 0.29) is 50.4 Å². The molecule has 2 aromatic carbocycles. The molecular weight excluding hydrogens is 677 g/mol. The standard InChI is InChI=1S/C29H27ClF5N5O4S2/c1-28(2,45(3,41)42)10-9-19-5-6-20(25(37-19)23(36)13-16-11-17(31)14-18(32)12-16)21-7-8-22(30)24-26(21)40(15-29(33,34)35)38-27(24)39-46(4,43)44/h5-8,11-12,14,23H,13,15,36H2,1-4H3,(H,38,39)/t23-/m0/s1. The van der Waals surface area contributed by atoms with Gasteiger partial charge in [-0.25, -0.2) is 30.6 Å². The Labute approximate surface area is 266 Å². The summed E-state index contributed by atoms with van der Waals surface area (Å²) in [6, 6.07) is 7.18. The van der Waals surface area contributed by atoms with Gasteiger partial charge in [-0.1, -0.05) is 23.6 Å². The zero-order valence-corrected chi connectivity index (χ0v) is 27.1. The highest BCUT2D eigenvalue weighted by Crippen LogP contribution is 2.40. The molecule has 17 heteroatoms. The molecule has 0 aliphatic heterocycles. The third-order valence-electron chi connectivity index (χ3n) is 6.82. The van der Waals surface area contributed by atoms with Crippen LogP contribution in [0.2, 0.25) is 5.02 Å². The Morgan fingerprint density at radius 3 is 2.17 bits per heavy atom. The maximum Gasteiger partial charge on any atom is 0.408 e. The van der Waals surface area contributed by atoms with Crippen molar-refractivity contribution in [2.24, 2.45) is 5.73 Å². The Morgan fingerprint density at radius 2 is 1.61 bits per heavy atom. The van der Waals surface area contributed by atoms with Gasteiger partial charge in [-0.15, -0.1) is 0 Å². The van der Waals surface area contributed by atoms with E-state index in [9.17, 15) is 38.8 Å². The number of pyridine rings is 1. The lowest BCUT2D eigenvalue weighted by molar-refractivity contribution is -0.141. The van der Waals surface area contributed by atoms with Crippen LogP contribution in [-0.2, 0) is 32.8 Å². The van der Waals surface area contributed by atoms with Crippen LogP contribution in [0.25, 0.3) is 22.0 Å². The third kappa shape index (κ3) is 8.13. The van der Waals surface area contributed by atoms with Crippen molar-refractivity contribution < 1.29 is 38.8 Å². The summed E-state index contributed by atoms with van der Waals surface area (Å²) in [6.45, 7) is 1.16. The van der Waals surface area contributed by atoms with Crippen LogP contribution < -0.4 is 10.5 Å². The topological polar surface area (TPSA) is 137 Å². The highest BCUT2D eigenvalue weighted by Gasteiger charge is 2.32. The molecule has 0 saturated carbocycles. The molecule has 0 fully saturated rings. The van der Waals surface area contributed by atoms with Gasteiger partial charge in [0, 0.05) is 23.4 Å². The summed E-state index contributed by atoms with van der Waals surface area (Å²) in [5.41, 5.74) is 6.74. The number of benzene rings is 2. The second-order valence-corrected chi connectivity index (χ2v) is 15.8. The number of aromatic nitrogens is 3. The first-order chi connectivity index (χ1) is 21.0. The fourth-order valence-corrected chi connectivity index (χ4v) is 5.44. The summed E-state index contributed by atoms with van der Waals surface area (Å²) >= 11 is 6.37. The largest absolute Gasteiger partial charge is 0.408 e. The second kappa shape index (κ2) is 12.4. The van der Waals surface area contributed by atoms with E-state index in [4.69, 9.17) is 17.3 Å². The first-order valence-electron chi connectivity index (χ1n) is 13.2. The number of nitrogens with two attached hydrogens (primary N) is 1. The van der Waals surface area contributed by atoms with Gasteiger partial charge in [-0.2, -0.15) is 18.3 Å². The SMILES string of the molecule is CC(C)(C#Cc1ccc(-c2ccc(Cl)c3c(NS(C)(=O)=O)nn(CC(F)(F)F)c23)c([C@@H](N)Cc2cc(F)cc(F)c2)n1)S(C)(=O)=O. The monoisotopic (exact) mass is 703 g/mol. The third-order valence-corrected chi connectivity index (χ3v) is 9.65. The number of rotatable bonds is 8. The first-order valence-corrected chi connectivity index (χ1v) is 17.4. The highest BCUT2D eigenvalue weighted by molar-refractivity contribution is 7.92. The number of sulfone groups is 1. The van der Waals surface area contributed by atoms with E-state index < -0.39 is 60.8 Å². The summed E-state index contributed by atoms with van der Waals surface area (Å²) in [6.07, 6.45) is -3.16. The molecule has 0 bridgehead atoms. The van der Waals surface area contributed by atoms with Gasteiger partial charge in [0.05, 0.1) is 33.9 Å². The Bertz CT molecular complexity index is 2100. The summed E-state index contributed by atoms with van der Waals surface area (Å²) in [4.78, 5) is 4.50. The minimum atomic E-state index is -4.79. The van der Waals surface area contributed by atoms with E-state index in [1.165, 1.54) is 38.1 Å². The molecule has 3 N–H and O–H groups in total. The van der Waals surface area contributed by atoms with Crippen LogP contribution in [0, 0.1) is 23.5 Å². The van der Waals surface area contributed by atoms with Crippen LogP contribution in [0.3, 0.4) is 0 Å². The number of hydrogen-bond acceptors (Lipinski definition) is 7. The highest BCUT2D eigenvalue weighted by atomic mass is 35.5. The average Bonchev–Trinajstić information content (AvgIpc) is 3.21. The smallest absolute Gasteiger partial charge is 0.322 e. The number of sulfonamides is 1. The van der Waals surface area contributed by atoms with Crippen molar-refractivity contribution >= 4 is 48.2 Å². The molecule has 2 heterocycles. The quantitative estimate of drug-likeness (QED) is 0.186. The van der Waals surface area contributed by atoms with Crippen LogP contribution in [0.5, 0.6) is 0 Å². The van der Waals surface area contributed by atoms with E-state index in [1.54, 1.807) is 0 Å². The van der Waals surface area contributed by atoms with Crippen molar-refractivity contribution in [3.8, 4) is 23.0 Å². The number of alkyl halides is 3. The molecule has 0 spiro atoms. The van der Waals surface area contributed by atoms with Crippen molar-refractivity contribution in [3.63, 3.8) is 0 Å². The molecule has 4 rings (SSSR count). The van der Waals surface area contributed by atoms with Gasteiger partial charge in [0.1, 0.15) is 28.6 Å². The number of hydrogen-bond donors (Lipinski definition) is 2. The van der Waals surface area contributed by atoms with E-state index in [0.717, 1.165) is 24.6 Å². The normalized spacial score (nSPS) is 13.4. The van der Waals surface area contributed by atoms with Crippen LogP contribution in [0.1, 0.15) is 36.8 Å². The summed E-state index contributed by atoms with van der Waals surface area (Å²) in [5, 5.41) is 3.62. The average molecular weight is 704 g/mol. The molecular formula is C29H27ClF5N5O4S2. The zero-order valence-electron chi connectivity index (χ0n) is 24.7. The minimum absolute atomic E-state index is 0.0228. The number of halogens is 6. The van der Waals surface area contributed by atoms with Gasteiger partial charge in [-0.05, 0) is 62.1 Å². The van der Waals surface area contributed by atoms with Gasteiger partial charge < -0.3 is 5.73 Å². The zero-order chi connectivity index (χ0) is 34.4. The van der Waals surface area contributed by atoms with Gasteiger partial charge >= 0.3 is 6.18 Å². The second-order valence-electron chi connectivity index (χ2n) is 11.1. The van der Waals surface area contributed by atoms with E-state index in [0.29, 0.717) is 10.7 Å². The molecule has 0 saturated heterocycles. The van der Waals surface area contributed by atoms with E-state index >= 15 is 0 Å². The van der Waals surface area contributed by atoms with E-state index in [1.807, 2.05) is 0 Å². The van der Waals surface area contributed by atoms with E-state index in [2.05, 4.69) is 26.6 Å². The summed E-state index contributed by atoms with van der Waals surface area (Å²) in [5.74, 6) is 3.15. The number of fused-ring (bicyclic) bond motifs is 1. The Morgan fingerprint density at radius 1 is 1.00 bits per heavy atom. The van der Waals surface area contributed by atoms with Crippen molar-refractivity contribution in [3.05, 3.63) is 76.1 Å². The summed E-state index contributed by atoms with van der Waals surface area (Å²) in [7, 11) is -7.63. The maximum atomic E-state index is 14.0. The Hall–Kier alpha value is -3.78. The van der Waals surface area contributed by atoms with Crippen molar-refractivity contribution in [1.29, 1.82) is 0 Å². The fourth-order valence-electron chi connectivity index (χ4n) is 4.47. The minimum Gasteiger partial charge on any atom is -0.322 e. The summed E-state index contributed by atoms with van der Waals surface area (Å²) < 4.78 is 119. The molecule has 0 radical (unpaired) electrons. The molecule has 2 aromatic heterocycles. The lowest BCUT2D eigenvalue weighted by Crippen LogP contribution is -2.28. The van der Waals surface area contributed by atoms with Gasteiger partial charge in [0.25, 0.3) is 0 Å². The molecule has 0 aliphatic rings. The molecule has 246 valence electrons. The lowest BCUT2D eigenvalue weighted by Gasteiger charge is -2.18. The molecule has 0 amide bonds. The van der Waals surface area contributed by atoms with Crippen LogP contribution in [0.4, 0.5) is 27.8 Å². The molecule has 46 heavy (non-hydrogen) atoms. The van der Waals surface area contributed by atoms with Crippen molar-refractivity contribution in [2.45, 2.75) is 43.8 Å². The first kappa shape index (κ1) is 35.1. The Balaban J connectivity index is 2.01. The number of nitrogens with one attached hydrogen (secondary N) is 1. The number of anilines is 1. The van der Waals surface area contributed by atoms with Crippen LogP contribution in [0.15, 0.2) is 42.5 Å². The van der Waals surface area contributed by atoms with Crippen LogP contribution in [-0.4, -0.2) is 55.0 Å². The van der Waals surface area contributed by atoms with Gasteiger partial charge in [0.15, 0.2) is 15.7 Å². The fraction of sp³-hybridized carbons (Fsp3) is 0.310. The Kier molecular flexibility index (Phi) is 9.49. The van der Waals surface area contributed by atoms with Crippen molar-refractivity contribution in [2.75, 3.05) is 17.2 Å². The molecule has 4 aromatic rings. The molecule has 1 atom stereocenters. The lowest BCUT2D eigenvalue weighted by atomic mass is 9.94. The van der Waals surface area contributed by atoms with Crippen LogP contribution >= 0.6 is 11.6 Å². The number of nitrogens with zero attached hydrogens (tertiary/aromatic N) is 3. The van der Waals surface area contributed by atoms with Gasteiger partial charge in [-0.3, -0.25) is 9.40 Å². The van der Waals surface area contributed by atoms with Crippen molar-refractivity contribution in [1.82, 2.24) is 14.8 Å². The van der Waals surface area contributed by atoms with Gasteiger partial charge in [0.2, 0.25) is 10.0 Å². The molecule has 0 unspecified atom stereocenters. The molecule has 0 aliphatic carbocycles.